The Bertz CT molecular complexity index is 579. The first-order valence-corrected chi connectivity index (χ1v) is 5.40. The summed E-state index contributed by atoms with van der Waals surface area (Å²) in [5.41, 5.74) is 6.05. The van der Waals surface area contributed by atoms with Crippen LogP contribution in [-0.4, -0.2) is 5.78 Å². The molecule has 0 aliphatic rings. The number of hydrogen-bond acceptors (Lipinski definition) is 3. The van der Waals surface area contributed by atoms with E-state index in [0.717, 1.165) is 0 Å². The van der Waals surface area contributed by atoms with Gasteiger partial charge in [-0.25, -0.2) is 4.39 Å². The van der Waals surface area contributed by atoms with Crippen LogP contribution in [0.5, 0.6) is 11.5 Å². The number of benzene rings is 2. The predicted molar refractivity (Wildman–Crippen MR) is 67.3 cm³/mol. The molecule has 0 spiro atoms. The molecule has 18 heavy (non-hydrogen) atoms. The summed E-state index contributed by atoms with van der Waals surface area (Å²) in [5, 5.41) is 0. The van der Waals surface area contributed by atoms with Crippen molar-refractivity contribution >= 4 is 11.5 Å². The Kier molecular flexibility index (Phi) is 3.28. The van der Waals surface area contributed by atoms with Crippen molar-refractivity contribution in [2.45, 2.75) is 6.92 Å². The van der Waals surface area contributed by atoms with Crippen LogP contribution in [0.1, 0.15) is 17.3 Å². The fourth-order valence-corrected chi connectivity index (χ4v) is 1.47. The first-order valence-electron chi connectivity index (χ1n) is 5.40. The average molecular weight is 245 g/mol. The van der Waals surface area contributed by atoms with Crippen molar-refractivity contribution in [3.63, 3.8) is 0 Å². The van der Waals surface area contributed by atoms with E-state index in [9.17, 15) is 9.18 Å². The highest BCUT2D eigenvalue weighted by Crippen LogP contribution is 2.24. The number of carbonyl (C=O) groups excluding carboxylic acids is 1. The van der Waals surface area contributed by atoms with Gasteiger partial charge in [-0.15, -0.1) is 0 Å². The van der Waals surface area contributed by atoms with E-state index in [0.29, 0.717) is 17.1 Å². The molecule has 0 fully saturated rings. The van der Waals surface area contributed by atoms with E-state index in [1.807, 2.05) is 0 Å². The number of carbonyl (C=O) groups is 1. The lowest BCUT2D eigenvalue weighted by Crippen LogP contribution is -1.93. The second-order valence-corrected chi connectivity index (χ2v) is 3.87. The maximum Gasteiger partial charge on any atom is 0.159 e. The van der Waals surface area contributed by atoms with Crippen LogP contribution in [0.4, 0.5) is 10.1 Å². The SMILES string of the molecule is CC(=O)c1ccc(Oc2ccc(N)c(F)c2)cc1. The Balaban J connectivity index is 2.18. The zero-order chi connectivity index (χ0) is 13.1. The van der Waals surface area contributed by atoms with E-state index in [4.69, 9.17) is 10.5 Å². The lowest BCUT2D eigenvalue weighted by atomic mass is 10.1. The third-order valence-corrected chi connectivity index (χ3v) is 2.47. The Morgan fingerprint density at radius 1 is 1.11 bits per heavy atom. The van der Waals surface area contributed by atoms with Crippen molar-refractivity contribution in [2.24, 2.45) is 0 Å². The lowest BCUT2D eigenvalue weighted by molar-refractivity contribution is 0.101. The molecule has 2 rings (SSSR count). The van der Waals surface area contributed by atoms with E-state index in [-0.39, 0.29) is 11.5 Å². The molecule has 0 aliphatic carbocycles. The number of ketones is 1. The second-order valence-electron chi connectivity index (χ2n) is 3.87. The van der Waals surface area contributed by atoms with Gasteiger partial charge in [-0.3, -0.25) is 4.79 Å². The van der Waals surface area contributed by atoms with Gasteiger partial charge in [0, 0.05) is 11.6 Å². The maximum absolute atomic E-state index is 13.2. The van der Waals surface area contributed by atoms with E-state index in [1.54, 1.807) is 30.3 Å². The number of rotatable bonds is 3. The van der Waals surface area contributed by atoms with Crippen molar-refractivity contribution < 1.29 is 13.9 Å². The van der Waals surface area contributed by atoms with E-state index >= 15 is 0 Å². The van der Waals surface area contributed by atoms with Crippen LogP contribution in [-0.2, 0) is 0 Å². The summed E-state index contributed by atoms with van der Waals surface area (Å²) in [6.45, 7) is 1.49. The Morgan fingerprint density at radius 3 is 2.28 bits per heavy atom. The molecule has 92 valence electrons. The van der Waals surface area contributed by atoms with Crippen molar-refractivity contribution in [2.75, 3.05) is 5.73 Å². The molecular weight excluding hydrogens is 233 g/mol. The molecule has 3 nitrogen and oxygen atoms in total. The van der Waals surface area contributed by atoms with Gasteiger partial charge in [0.15, 0.2) is 5.78 Å². The van der Waals surface area contributed by atoms with Gasteiger partial charge >= 0.3 is 0 Å². The molecule has 0 saturated carbocycles. The fraction of sp³-hybridized carbons (Fsp3) is 0.0714. The normalized spacial score (nSPS) is 10.1. The lowest BCUT2D eigenvalue weighted by Gasteiger charge is -2.07. The summed E-state index contributed by atoms with van der Waals surface area (Å²) in [5.74, 6) is 0.356. The molecule has 0 amide bonds. The number of nitrogens with two attached hydrogens (primary N) is 1. The first-order chi connectivity index (χ1) is 8.56. The van der Waals surface area contributed by atoms with Crippen LogP contribution in [0.3, 0.4) is 0 Å². The monoisotopic (exact) mass is 245 g/mol. The summed E-state index contributed by atoms with van der Waals surface area (Å²) < 4.78 is 18.6. The molecule has 0 radical (unpaired) electrons. The highest BCUT2D eigenvalue weighted by atomic mass is 19.1. The molecule has 0 unspecified atom stereocenters. The summed E-state index contributed by atoms with van der Waals surface area (Å²) in [6, 6.07) is 10.9. The Morgan fingerprint density at radius 2 is 1.72 bits per heavy atom. The zero-order valence-corrected chi connectivity index (χ0v) is 9.81. The molecule has 2 aromatic rings. The fourth-order valence-electron chi connectivity index (χ4n) is 1.47. The molecule has 2 aromatic carbocycles. The molecule has 0 atom stereocenters. The Hall–Kier alpha value is -2.36. The standard InChI is InChI=1S/C14H12FNO2/c1-9(17)10-2-4-11(5-3-10)18-12-6-7-14(16)13(15)8-12/h2-8H,16H2,1H3. The third kappa shape index (κ3) is 2.66. The van der Waals surface area contributed by atoms with Gasteiger partial charge in [-0.1, -0.05) is 0 Å². The molecule has 0 heterocycles. The maximum atomic E-state index is 13.2. The number of hydrogen-bond donors (Lipinski definition) is 1. The smallest absolute Gasteiger partial charge is 0.159 e. The van der Waals surface area contributed by atoms with Gasteiger partial charge in [-0.05, 0) is 43.3 Å². The third-order valence-electron chi connectivity index (χ3n) is 2.47. The number of ether oxygens (including phenoxy) is 1. The minimum absolute atomic E-state index is 0.0138. The van der Waals surface area contributed by atoms with Crippen LogP contribution in [0.15, 0.2) is 42.5 Å². The van der Waals surface area contributed by atoms with Crippen LogP contribution in [0.2, 0.25) is 0 Å². The van der Waals surface area contributed by atoms with Gasteiger partial charge < -0.3 is 10.5 Å². The molecule has 2 N–H and O–H groups in total. The van der Waals surface area contributed by atoms with Gasteiger partial charge in [0.2, 0.25) is 0 Å². The quantitative estimate of drug-likeness (QED) is 0.666. The minimum Gasteiger partial charge on any atom is -0.457 e. The average Bonchev–Trinajstić information content (AvgIpc) is 2.34. The second kappa shape index (κ2) is 4.87. The molecular formula is C14H12FNO2. The van der Waals surface area contributed by atoms with E-state index in [1.165, 1.54) is 19.1 Å². The highest BCUT2D eigenvalue weighted by molar-refractivity contribution is 5.94. The molecule has 0 saturated heterocycles. The summed E-state index contributed by atoms with van der Waals surface area (Å²) in [7, 11) is 0. The molecule has 4 heteroatoms. The zero-order valence-electron chi connectivity index (χ0n) is 9.81. The van der Waals surface area contributed by atoms with Crippen molar-refractivity contribution in [1.29, 1.82) is 0 Å². The first kappa shape index (κ1) is 12.1. The molecule has 0 aromatic heterocycles. The van der Waals surface area contributed by atoms with Crippen LogP contribution in [0.25, 0.3) is 0 Å². The van der Waals surface area contributed by atoms with Gasteiger partial charge in [0.1, 0.15) is 17.3 Å². The summed E-state index contributed by atoms with van der Waals surface area (Å²) in [6.07, 6.45) is 0. The number of halogens is 1. The minimum atomic E-state index is -0.521. The number of Topliss-reactive ketones (excluding diaryl/α,β-unsaturated/α-hetero) is 1. The summed E-state index contributed by atoms with van der Waals surface area (Å²) in [4.78, 5) is 11.1. The topological polar surface area (TPSA) is 52.3 Å². The number of anilines is 1. The van der Waals surface area contributed by atoms with Crippen LogP contribution < -0.4 is 10.5 Å². The number of nitrogen functional groups attached to an aromatic ring is 1. The highest BCUT2D eigenvalue weighted by Gasteiger charge is 2.03. The van der Waals surface area contributed by atoms with Crippen LogP contribution >= 0.6 is 0 Å². The predicted octanol–water partition coefficient (Wildman–Crippen LogP) is 3.40. The summed E-state index contributed by atoms with van der Waals surface area (Å²) >= 11 is 0. The molecule has 0 bridgehead atoms. The van der Waals surface area contributed by atoms with E-state index < -0.39 is 5.82 Å². The van der Waals surface area contributed by atoms with Gasteiger partial charge in [0.05, 0.1) is 5.69 Å². The van der Waals surface area contributed by atoms with Gasteiger partial charge in [-0.2, -0.15) is 0 Å². The van der Waals surface area contributed by atoms with E-state index in [2.05, 4.69) is 0 Å². The largest absolute Gasteiger partial charge is 0.457 e. The Labute approximate surface area is 104 Å². The van der Waals surface area contributed by atoms with Gasteiger partial charge in [0.25, 0.3) is 0 Å². The van der Waals surface area contributed by atoms with Crippen molar-refractivity contribution in [3.05, 3.63) is 53.8 Å². The van der Waals surface area contributed by atoms with Crippen LogP contribution in [0, 0.1) is 5.82 Å². The van der Waals surface area contributed by atoms with Crippen molar-refractivity contribution in [3.8, 4) is 11.5 Å². The molecule has 0 aliphatic heterocycles. The van der Waals surface area contributed by atoms with Crippen molar-refractivity contribution in [1.82, 2.24) is 0 Å².